The van der Waals surface area contributed by atoms with Gasteiger partial charge in [-0.15, -0.1) is 0 Å². The fourth-order valence-electron chi connectivity index (χ4n) is 4.13. The minimum absolute atomic E-state index is 0.00892. The molecule has 1 aliphatic heterocycles. The van der Waals surface area contributed by atoms with E-state index in [1.807, 2.05) is 44.2 Å². The van der Waals surface area contributed by atoms with Gasteiger partial charge >= 0.3 is 12.2 Å². The molecule has 1 amide bonds. The number of carboxylic acid groups (broad SMARTS) is 1. The second kappa shape index (κ2) is 13.4. The molecule has 1 fully saturated rings. The first kappa shape index (κ1) is 29.2. The molecular weight excluding hydrogens is 514 g/mol. The van der Waals surface area contributed by atoms with Crippen molar-refractivity contribution in [1.29, 1.82) is 0 Å². The smallest absolute Gasteiger partial charge is 0.450 e. The largest absolute Gasteiger partial charge is 0.506 e. The number of nitrogens with one attached hydrogen (secondary N) is 1. The predicted molar refractivity (Wildman–Crippen MR) is 140 cm³/mol. The lowest BCUT2D eigenvalue weighted by Crippen LogP contribution is -2.53. The number of hydrogen-bond acceptors (Lipinski definition) is 8. The Bertz CT molecular complexity index is 1150. The van der Waals surface area contributed by atoms with E-state index in [1.165, 1.54) is 28.6 Å². The van der Waals surface area contributed by atoms with E-state index >= 15 is 0 Å². The lowest BCUT2D eigenvalue weighted by molar-refractivity contribution is 0.0209. The van der Waals surface area contributed by atoms with Crippen molar-refractivity contribution in [2.75, 3.05) is 32.0 Å². The maximum atomic E-state index is 13.6. The Morgan fingerprint density at radius 3 is 2.39 bits per heavy atom. The summed E-state index contributed by atoms with van der Waals surface area (Å²) >= 11 is 0. The summed E-state index contributed by atoms with van der Waals surface area (Å²) in [5.74, 6) is -0.0862. The number of carbonyl (C=O) groups is 2. The van der Waals surface area contributed by atoms with Crippen LogP contribution in [0.2, 0.25) is 0 Å². The van der Waals surface area contributed by atoms with Crippen molar-refractivity contribution >= 4 is 28.0 Å². The fourth-order valence-corrected chi connectivity index (χ4v) is 5.75. The first-order chi connectivity index (χ1) is 18.0. The van der Waals surface area contributed by atoms with Crippen molar-refractivity contribution in [1.82, 2.24) is 9.62 Å². The summed E-state index contributed by atoms with van der Waals surface area (Å²) < 4.78 is 44.2. The number of ether oxygens (including phenoxy) is 3. The van der Waals surface area contributed by atoms with Crippen LogP contribution in [0, 0.1) is 5.92 Å². The summed E-state index contributed by atoms with van der Waals surface area (Å²) in [6, 6.07) is 13.9. The predicted octanol–water partition coefficient (Wildman–Crippen LogP) is 3.11. The van der Waals surface area contributed by atoms with E-state index in [0.717, 1.165) is 5.56 Å². The van der Waals surface area contributed by atoms with Crippen molar-refractivity contribution in [2.24, 2.45) is 5.92 Å². The minimum atomic E-state index is -4.05. The lowest BCUT2D eigenvalue weighted by Gasteiger charge is -2.32. The SMILES string of the molecule is CC(C)CN(CC(OC(=O)O)C(Cc1ccccc1)NC(=O)OC1CCOC1)S(=O)(=O)c1ccc(N)cc1. The van der Waals surface area contributed by atoms with Crippen LogP contribution in [-0.2, 0) is 30.7 Å². The van der Waals surface area contributed by atoms with E-state index in [0.29, 0.717) is 18.7 Å². The third-order valence-corrected chi connectivity index (χ3v) is 7.78. The van der Waals surface area contributed by atoms with Crippen LogP contribution in [0.4, 0.5) is 15.3 Å². The highest BCUT2D eigenvalue weighted by atomic mass is 32.2. The Morgan fingerprint density at radius 1 is 1.13 bits per heavy atom. The van der Waals surface area contributed by atoms with Gasteiger partial charge in [0.2, 0.25) is 10.0 Å². The average molecular weight is 550 g/mol. The first-order valence-corrected chi connectivity index (χ1v) is 13.8. The number of nitrogens with two attached hydrogens (primary N) is 1. The van der Waals surface area contributed by atoms with E-state index in [4.69, 9.17) is 19.9 Å². The van der Waals surface area contributed by atoms with Gasteiger partial charge < -0.3 is 30.4 Å². The Balaban J connectivity index is 1.92. The summed E-state index contributed by atoms with van der Waals surface area (Å²) in [4.78, 5) is 24.5. The first-order valence-electron chi connectivity index (χ1n) is 12.4. The number of carbonyl (C=O) groups excluding carboxylic acids is 1. The molecule has 38 heavy (non-hydrogen) atoms. The lowest BCUT2D eigenvalue weighted by atomic mass is 10.0. The summed E-state index contributed by atoms with van der Waals surface area (Å²) in [7, 11) is -4.05. The number of benzene rings is 2. The molecule has 12 heteroatoms. The molecule has 1 saturated heterocycles. The van der Waals surface area contributed by atoms with Gasteiger partial charge in [0.05, 0.1) is 30.7 Å². The summed E-state index contributed by atoms with van der Waals surface area (Å²) in [6.45, 7) is 4.20. The van der Waals surface area contributed by atoms with E-state index < -0.39 is 40.5 Å². The number of anilines is 1. The third kappa shape index (κ3) is 8.61. The molecule has 1 aliphatic rings. The molecule has 208 valence electrons. The highest BCUT2D eigenvalue weighted by Crippen LogP contribution is 2.21. The van der Waals surface area contributed by atoms with E-state index in [1.54, 1.807) is 0 Å². The maximum absolute atomic E-state index is 13.6. The number of sulfonamides is 1. The standard InChI is InChI=1S/C26H35N3O8S/c1-18(2)15-29(38(33,34)22-10-8-20(27)9-11-22)16-24(37-26(31)32)23(14-19-6-4-3-5-7-19)28-25(30)36-21-12-13-35-17-21/h3-11,18,21,23-24H,12-17,27H2,1-2H3,(H,28,30)(H,31,32). The van der Waals surface area contributed by atoms with Crippen LogP contribution in [0.25, 0.3) is 0 Å². The monoisotopic (exact) mass is 549 g/mol. The Hall–Kier alpha value is -3.35. The zero-order valence-electron chi connectivity index (χ0n) is 21.5. The molecular formula is C26H35N3O8S. The van der Waals surface area contributed by atoms with Crippen molar-refractivity contribution in [3.8, 4) is 0 Å². The Labute approximate surface area is 222 Å². The number of hydrogen-bond donors (Lipinski definition) is 3. The van der Waals surface area contributed by atoms with Gasteiger partial charge in [-0.25, -0.2) is 18.0 Å². The van der Waals surface area contributed by atoms with Gasteiger partial charge in [0, 0.05) is 18.7 Å². The highest BCUT2D eigenvalue weighted by Gasteiger charge is 2.35. The molecule has 0 radical (unpaired) electrons. The van der Waals surface area contributed by atoms with Gasteiger partial charge in [0.1, 0.15) is 12.2 Å². The fraction of sp³-hybridized carbons (Fsp3) is 0.462. The maximum Gasteiger partial charge on any atom is 0.506 e. The molecule has 0 aliphatic carbocycles. The van der Waals surface area contributed by atoms with Crippen molar-refractivity contribution in [3.05, 3.63) is 60.2 Å². The van der Waals surface area contributed by atoms with Gasteiger partial charge in [-0.1, -0.05) is 44.2 Å². The van der Waals surface area contributed by atoms with Gasteiger partial charge in [-0.3, -0.25) is 0 Å². The van der Waals surface area contributed by atoms with E-state index in [2.05, 4.69) is 5.32 Å². The van der Waals surface area contributed by atoms with Crippen LogP contribution in [0.1, 0.15) is 25.8 Å². The molecule has 11 nitrogen and oxygen atoms in total. The third-order valence-electron chi connectivity index (χ3n) is 5.93. The van der Waals surface area contributed by atoms with Gasteiger partial charge in [-0.2, -0.15) is 4.31 Å². The zero-order chi connectivity index (χ0) is 27.7. The number of nitrogen functional groups attached to an aromatic ring is 1. The molecule has 2 aromatic carbocycles. The van der Waals surface area contributed by atoms with Crippen LogP contribution in [0.3, 0.4) is 0 Å². The second-order valence-electron chi connectivity index (χ2n) is 9.54. The van der Waals surface area contributed by atoms with Crippen LogP contribution in [0.15, 0.2) is 59.5 Å². The number of alkyl carbamates (subject to hydrolysis) is 1. The zero-order valence-corrected chi connectivity index (χ0v) is 22.3. The number of rotatable bonds is 12. The molecule has 0 bridgehead atoms. The van der Waals surface area contributed by atoms with Crippen LogP contribution in [0.5, 0.6) is 0 Å². The minimum Gasteiger partial charge on any atom is -0.450 e. The quantitative estimate of drug-likeness (QED) is 0.267. The number of amides is 1. The molecule has 0 aromatic heterocycles. The molecule has 3 atom stereocenters. The van der Waals surface area contributed by atoms with Crippen molar-refractivity contribution in [3.63, 3.8) is 0 Å². The molecule has 2 aromatic rings. The van der Waals surface area contributed by atoms with Gasteiger partial charge in [0.15, 0.2) is 0 Å². The molecule has 4 N–H and O–H groups in total. The van der Waals surface area contributed by atoms with Gasteiger partial charge in [-0.05, 0) is 42.2 Å². The summed E-state index contributed by atoms with van der Waals surface area (Å²) in [5.41, 5.74) is 6.92. The Morgan fingerprint density at radius 2 is 1.82 bits per heavy atom. The molecule has 3 unspecified atom stereocenters. The molecule has 1 heterocycles. The topological polar surface area (TPSA) is 157 Å². The number of nitrogens with zero attached hydrogens (tertiary/aromatic N) is 1. The van der Waals surface area contributed by atoms with Gasteiger partial charge in [0.25, 0.3) is 0 Å². The van der Waals surface area contributed by atoms with Crippen molar-refractivity contribution in [2.45, 2.75) is 49.8 Å². The summed E-state index contributed by atoms with van der Waals surface area (Å²) in [6.07, 6.45) is -3.31. The normalized spacial score (nSPS) is 17.2. The highest BCUT2D eigenvalue weighted by molar-refractivity contribution is 7.89. The van der Waals surface area contributed by atoms with Crippen molar-refractivity contribution < 1.29 is 37.3 Å². The van der Waals surface area contributed by atoms with E-state index in [-0.39, 0.29) is 36.9 Å². The molecule has 0 saturated carbocycles. The molecule has 0 spiro atoms. The Kier molecular flexibility index (Phi) is 10.3. The summed E-state index contributed by atoms with van der Waals surface area (Å²) in [5, 5.41) is 12.3. The average Bonchev–Trinajstić information content (AvgIpc) is 3.36. The van der Waals surface area contributed by atoms with Crippen LogP contribution in [-0.4, -0.2) is 74.6 Å². The molecule has 3 rings (SSSR count). The second-order valence-corrected chi connectivity index (χ2v) is 11.5. The van der Waals surface area contributed by atoms with Crippen LogP contribution >= 0.6 is 0 Å². The van der Waals surface area contributed by atoms with Crippen LogP contribution < -0.4 is 11.1 Å². The van der Waals surface area contributed by atoms with E-state index in [9.17, 15) is 23.1 Å².